The molecule has 1 aliphatic heterocycles. The summed E-state index contributed by atoms with van der Waals surface area (Å²) in [5.41, 5.74) is 6.19. The molecule has 4 aromatic rings. The first-order valence-corrected chi connectivity index (χ1v) is 12.7. The molecule has 0 fully saturated rings. The van der Waals surface area contributed by atoms with Gasteiger partial charge in [-0.05, 0) is 60.7 Å². The van der Waals surface area contributed by atoms with E-state index in [1.807, 2.05) is 44.2 Å². The monoisotopic (exact) mass is 496 g/mol. The summed E-state index contributed by atoms with van der Waals surface area (Å²) < 4.78 is 14.2. The summed E-state index contributed by atoms with van der Waals surface area (Å²) in [4.78, 5) is 17.1. The molecule has 7 nitrogen and oxygen atoms in total. The predicted octanol–water partition coefficient (Wildman–Crippen LogP) is 5.85. The third kappa shape index (κ3) is 5.21. The maximum atomic E-state index is 12.9. The fourth-order valence-electron chi connectivity index (χ4n) is 4.49. The number of hydrogen-bond donors (Lipinski definition) is 1. The zero-order valence-electron chi connectivity index (χ0n) is 21.7. The van der Waals surface area contributed by atoms with Crippen LogP contribution < -0.4 is 14.8 Å². The Morgan fingerprint density at radius 2 is 1.70 bits per heavy atom. The lowest BCUT2D eigenvalue weighted by Crippen LogP contribution is -2.35. The molecule has 2 aromatic heterocycles. The highest BCUT2D eigenvalue weighted by Crippen LogP contribution is 2.40. The second kappa shape index (κ2) is 10.5. The summed E-state index contributed by atoms with van der Waals surface area (Å²) in [6.45, 7) is 9.94. The Hall–Kier alpha value is -4.13. The molecule has 2 aromatic carbocycles. The summed E-state index contributed by atoms with van der Waals surface area (Å²) >= 11 is 0. The van der Waals surface area contributed by atoms with Crippen molar-refractivity contribution < 1.29 is 14.3 Å². The minimum Gasteiger partial charge on any atom is -0.487 e. The summed E-state index contributed by atoms with van der Waals surface area (Å²) in [6.07, 6.45) is 3.41. The average molecular weight is 497 g/mol. The van der Waals surface area contributed by atoms with Gasteiger partial charge in [0.25, 0.3) is 5.91 Å². The summed E-state index contributed by atoms with van der Waals surface area (Å²) in [5, 5.41) is 7.76. The maximum Gasteiger partial charge on any atom is 0.270 e. The molecular formula is C30H32N4O3. The van der Waals surface area contributed by atoms with Gasteiger partial charge in [0.15, 0.2) is 11.5 Å². The highest BCUT2D eigenvalue weighted by Gasteiger charge is 2.28. The Morgan fingerprint density at radius 3 is 2.41 bits per heavy atom. The second-order valence-corrected chi connectivity index (χ2v) is 9.80. The topological polar surface area (TPSA) is 78.3 Å². The number of pyridine rings is 1. The van der Waals surface area contributed by atoms with Crippen molar-refractivity contribution in [3.05, 3.63) is 83.8 Å². The lowest BCUT2D eigenvalue weighted by molar-refractivity contribution is 0.0925. The van der Waals surface area contributed by atoms with Crippen LogP contribution in [0.5, 0.6) is 11.5 Å². The molecule has 1 aliphatic rings. The molecule has 3 heterocycles. The van der Waals surface area contributed by atoms with Crippen LogP contribution in [0, 0.1) is 0 Å². The molecule has 0 bridgehead atoms. The van der Waals surface area contributed by atoms with Crippen LogP contribution in [0.1, 0.15) is 55.2 Å². The van der Waals surface area contributed by atoms with Crippen LogP contribution in [0.15, 0.2) is 67.0 Å². The van der Waals surface area contributed by atoms with Crippen molar-refractivity contribution in [1.82, 2.24) is 20.1 Å². The standard InChI is InChI=1S/C30H32N4O3/c1-19(2)22-7-5-21(6-8-22)18-36-25-10-9-24(17-26(25)37-20(3)4)27-28(23-11-13-31-14-12-23)33-34-16-15-32-30(35)29(27)34/h5-14,17,19-20H,15-16,18H2,1-4H3,(H,32,35). The number of carbonyl (C=O) groups is 1. The van der Waals surface area contributed by atoms with Crippen LogP contribution in [0.25, 0.3) is 22.4 Å². The minimum absolute atomic E-state index is 0.0491. The molecule has 0 aliphatic carbocycles. The van der Waals surface area contributed by atoms with Gasteiger partial charge in [-0.2, -0.15) is 5.10 Å². The molecule has 0 radical (unpaired) electrons. The number of ether oxygens (including phenoxy) is 2. The van der Waals surface area contributed by atoms with E-state index in [0.29, 0.717) is 42.8 Å². The SMILES string of the molecule is CC(C)Oc1cc(-c2c(-c3ccncc3)nn3c2C(=O)NCC3)ccc1OCc1ccc(C(C)C)cc1. The number of carbonyl (C=O) groups excluding carboxylic acids is 1. The number of aromatic nitrogens is 3. The highest BCUT2D eigenvalue weighted by molar-refractivity contribution is 6.03. The predicted molar refractivity (Wildman–Crippen MR) is 144 cm³/mol. The summed E-state index contributed by atoms with van der Waals surface area (Å²) in [7, 11) is 0. The smallest absolute Gasteiger partial charge is 0.270 e. The van der Waals surface area contributed by atoms with Crippen LogP contribution in [-0.4, -0.2) is 33.3 Å². The van der Waals surface area contributed by atoms with Gasteiger partial charge in [0.05, 0.1) is 12.6 Å². The van der Waals surface area contributed by atoms with Crippen molar-refractivity contribution in [3.63, 3.8) is 0 Å². The first kappa shape index (κ1) is 24.6. The molecule has 37 heavy (non-hydrogen) atoms. The molecule has 1 N–H and O–H groups in total. The van der Waals surface area contributed by atoms with Crippen molar-refractivity contribution in [2.75, 3.05) is 6.54 Å². The fourth-order valence-corrected chi connectivity index (χ4v) is 4.49. The lowest BCUT2D eigenvalue weighted by Gasteiger charge is -2.18. The molecule has 5 rings (SSSR count). The Morgan fingerprint density at radius 1 is 0.946 bits per heavy atom. The van der Waals surface area contributed by atoms with Gasteiger partial charge < -0.3 is 14.8 Å². The van der Waals surface area contributed by atoms with Gasteiger partial charge in [0, 0.05) is 30.1 Å². The zero-order valence-corrected chi connectivity index (χ0v) is 21.7. The van der Waals surface area contributed by atoms with Gasteiger partial charge in [-0.15, -0.1) is 0 Å². The first-order chi connectivity index (χ1) is 17.9. The number of nitrogens with zero attached hydrogens (tertiary/aromatic N) is 3. The van der Waals surface area contributed by atoms with E-state index < -0.39 is 0 Å². The number of nitrogens with one attached hydrogen (secondary N) is 1. The van der Waals surface area contributed by atoms with E-state index in [1.165, 1.54) is 5.56 Å². The fraction of sp³-hybridized carbons (Fsp3) is 0.300. The van der Waals surface area contributed by atoms with Crippen LogP contribution in [0.2, 0.25) is 0 Å². The van der Waals surface area contributed by atoms with Gasteiger partial charge in [0.1, 0.15) is 18.0 Å². The van der Waals surface area contributed by atoms with E-state index in [0.717, 1.165) is 27.9 Å². The molecule has 0 spiro atoms. The Kier molecular flexibility index (Phi) is 6.95. The third-order valence-corrected chi connectivity index (χ3v) is 6.37. The van der Waals surface area contributed by atoms with Crippen LogP contribution in [-0.2, 0) is 13.2 Å². The van der Waals surface area contributed by atoms with Gasteiger partial charge in [-0.25, -0.2) is 0 Å². The molecule has 1 amide bonds. The number of rotatable bonds is 8. The average Bonchev–Trinajstić information content (AvgIpc) is 3.29. The van der Waals surface area contributed by atoms with Gasteiger partial charge >= 0.3 is 0 Å². The van der Waals surface area contributed by atoms with Crippen LogP contribution in [0.3, 0.4) is 0 Å². The Labute approximate surface area is 217 Å². The molecule has 0 saturated heterocycles. The number of hydrogen-bond acceptors (Lipinski definition) is 5. The molecule has 0 unspecified atom stereocenters. The molecule has 0 saturated carbocycles. The number of fused-ring (bicyclic) bond motifs is 1. The molecular weight excluding hydrogens is 464 g/mol. The second-order valence-electron chi connectivity index (χ2n) is 9.80. The van der Waals surface area contributed by atoms with Crippen molar-refractivity contribution in [1.29, 1.82) is 0 Å². The lowest BCUT2D eigenvalue weighted by atomic mass is 9.98. The van der Waals surface area contributed by atoms with E-state index in [9.17, 15) is 4.79 Å². The van der Waals surface area contributed by atoms with Gasteiger partial charge in [-0.1, -0.05) is 44.2 Å². The van der Waals surface area contributed by atoms with Crippen molar-refractivity contribution in [3.8, 4) is 33.9 Å². The molecule has 7 heteroatoms. The van der Waals surface area contributed by atoms with E-state index in [1.54, 1.807) is 17.1 Å². The zero-order chi connectivity index (χ0) is 25.9. The van der Waals surface area contributed by atoms with Crippen molar-refractivity contribution in [2.45, 2.75) is 52.9 Å². The largest absolute Gasteiger partial charge is 0.487 e. The van der Waals surface area contributed by atoms with Gasteiger partial charge in [0.2, 0.25) is 0 Å². The quantitative estimate of drug-likeness (QED) is 0.331. The van der Waals surface area contributed by atoms with Crippen molar-refractivity contribution in [2.24, 2.45) is 0 Å². The van der Waals surface area contributed by atoms with Crippen LogP contribution in [0.4, 0.5) is 0 Å². The normalized spacial score (nSPS) is 13.0. The number of benzene rings is 2. The van der Waals surface area contributed by atoms with Gasteiger partial charge in [-0.3, -0.25) is 14.5 Å². The van der Waals surface area contributed by atoms with Crippen LogP contribution >= 0.6 is 0 Å². The van der Waals surface area contributed by atoms with E-state index in [4.69, 9.17) is 14.6 Å². The van der Waals surface area contributed by atoms with Crippen molar-refractivity contribution >= 4 is 5.91 Å². The first-order valence-electron chi connectivity index (χ1n) is 12.7. The maximum absolute atomic E-state index is 12.9. The number of amides is 1. The molecule has 0 atom stereocenters. The molecule has 190 valence electrons. The highest BCUT2D eigenvalue weighted by atomic mass is 16.5. The Balaban J connectivity index is 1.53. The Bertz CT molecular complexity index is 1390. The van der Waals surface area contributed by atoms with E-state index in [2.05, 4.69) is 48.4 Å². The van der Waals surface area contributed by atoms with E-state index in [-0.39, 0.29) is 12.0 Å². The minimum atomic E-state index is -0.134. The summed E-state index contributed by atoms with van der Waals surface area (Å²) in [5.74, 6) is 1.64. The summed E-state index contributed by atoms with van der Waals surface area (Å²) in [6, 6.07) is 18.1. The third-order valence-electron chi connectivity index (χ3n) is 6.37. The van der Waals surface area contributed by atoms with E-state index >= 15 is 0 Å².